The van der Waals surface area contributed by atoms with Gasteiger partial charge in [-0.1, -0.05) is 18.2 Å². The fourth-order valence-corrected chi connectivity index (χ4v) is 4.60. The Morgan fingerprint density at radius 2 is 1.40 bits per heavy atom. The number of hydrogen-bond donors (Lipinski definition) is 1. The van der Waals surface area contributed by atoms with Gasteiger partial charge in [-0.3, -0.25) is 14.6 Å². The Kier molecular flexibility index (Phi) is 9.57. The Labute approximate surface area is 234 Å². The molecule has 0 unspecified atom stereocenters. The predicted octanol–water partition coefficient (Wildman–Crippen LogP) is 5.52. The lowest BCUT2D eigenvalue weighted by Gasteiger charge is -2.27. The van der Waals surface area contributed by atoms with Gasteiger partial charge in [0.15, 0.2) is 28.8 Å². The van der Waals surface area contributed by atoms with Gasteiger partial charge in [-0.15, -0.1) is 0 Å². The first-order valence-electron chi connectivity index (χ1n) is 13.2. The van der Waals surface area contributed by atoms with E-state index in [9.17, 15) is 9.59 Å². The van der Waals surface area contributed by atoms with Gasteiger partial charge in [0.2, 0.25) is 0 Å². The van der Waals surface area contributed by atoms with Crippen molar-refractivity contribution in [3.8, 4) is 23.0 Å². The minimum atomic E-state index is -0.307. The number of benzene rings is 2. The molecule has 1 amide bonds. The van der Waals surface area contributed by atoms with Gasteiger partial charge in [-0.2, -0.15) is 0 Å². The summed E-state index contributed by atoms with van der Waals surface area (Å²) in [6, 6.07) is 16.0. The van der Waals surface area contributed by atoms with Crippen molar-refractivity contribution in [2.45, 2.75) is 32.7 Å². The van der Waals surface area contributed by atoms with Crippen molar-refractivity contribution >= 4 is 23.8 Å². The second-order valence-electron chi connectivity index (χ2n) is 9.15. The highest BCUT2D eigenvalue weighted by Gasteiger charge is 2.29. The van der Waals surface area contributed by atoms with E-state index >= 15 is 0 Å². The Morgan fingerprint density at radius 3 is 1.85 bits per heavy atom. The van der Waals surface area contributed by atoms with Crippen molar-refractivity contribution in [3.05, 3.63) is 88.8 Å². The summed E-state index contributed by atoms with van der Waals surface area (Å²) in [6.45, 7) is 4.83. The summed E-state index contributed by atoms with van der Waals surface area (Å²) in [5, 5.41) is 3.06. The van der Waals surface area contributed by atoms with Gasteiger partial charge in [0.05, 0.1) is 27.4 Å². The Balaban J connectivity index is 1.69. The third-order valence-corrected chi connectivity index (χ3v) is 6.41. The zero-order valence-electron chi connectivity index (χ0n) is 23.2. The number of ether oxygens (including phenoxy) is 4. The van der Waals surface area contributed by atoms with E-state index in [1.54, 1.807) is 38.6 Å². The average Bonchev–Trinajstić information content (AvgIpc) is 2.97. The quantitative estimate of drug-likeness (QED) is 0.337. The van der Waals surface area contributed by atoms with Crippen molar-refractivity contribution in [3.63, 3.8) is 0 Å². The van der Waals surface area contributed by atoms with Gasteiger partial charge in [0.25, 0.3) is 5.91 Å². The number of nitrogens with one attached hydrogen (secondary N) is 1. The molecule has 1 N–H and O–H groups in total. The Bertz CT molecular complexity index is 1330. The Hall–Kier alpha value is -4.59. The van der Waals surface area contributed by atoms with Gasteiger partial charge >= 0.3 is 0 Å². The van der Waals surface area contributed by atoms with Crippen LogP contribution in [-0.4, -0.2) is 50.1 Å². The highest BCUT2D eigenvalue weighted by atomic mass is 16.5. The van der Waals surface area contributed by atoms with E-state index in [-0.39, 0.29) is 17.7 Å². The maximum atomic E-state index is 13.7. The smallest absolute Gasteiger partial charge is 0.270 e. The molecule has 1 aliphatic carbocycles. The van der Waals surface area contributed by atoms with Crippen LogP contribution in [0, 0.1) is 0 Å². The number of amides is 1. The molecule has 1 saturated carbocycles. The third kappa shape index (κ3) is 6.88. The molecule has 208 valence electrons. The van der Waals surface area contributed by atoms with Crippen LogP contribution in [-0.2, 0) is 4.79 Å². The molecule has 2 aromatic carbocycles. The van der Waals surface area contributed by atoms with E-state index < -0.39 is 0 Å². The lowest BCUT2D eigenvalue weighted by Crippen LogP contribution is -2.39. The van der Waals surface area contributed by atoms with Crippen LogP contribution in [0.5, 0.6) is 23.0 Å². The summed E-state index contributed by atoms with van der Waals surface area (Å²) < 4.78 is 22.2. The number of nitrogens with zero attached hydrogens (tertiary/aromatic N) is 1. The van der Waals surface area contributed by atoms with Crippen LogP contribution in [0.3, 0.4) is 0 Å². The van der Waals surface area contributed by atoms with Crippen LogP contribution in [0.2, 0.25) is 0 Å². The van der Waals surface area contributed by atoms with E-state index in [2.05, 4.69) is 10.3 Å². The lowest BCUT2D eigenvalue weighted by molar-refractivity contribution is -0.113. The van der Waals surface area contributed by atoms with Crippen LogP contribution < -0.4 is 24.3 Å². The maximum Gasteiger partial charge on any atom is 0.270 e. The second kappa shape index (κ2) is 13.5. The van der Waals surface area contributed by atoms with Crippen LogP contribution in [0.1, 0.15) is 48.3 Å². The molecule has 8 heteroatoms. The molecular formula is C32H34N2O6. The SMILES string of the molecule is CCOc1ccc(/C=C2\CC(NC(=O)c3ccccn3)C/C(=C\c3ccc(OCC)c(OC)c3)C2=O)cc1OC. The van der Waals surface area contributed by atoms with Gasteiger partial charge in [-0.05, 0) is 86.4 Å². The molecule has 1 aliphatic rings. The van der Waals surface area contributed by atoms with Gasteiger partial charge in [0.1, 0.15) is 5.69 Å². The van der Waals surface area contributed by atoms with Crippen LogP contribution in [0.25, 0.3) is 12.2 Å². The van der Waals surface area contributed by atoms with E-state index in [0.717, 1.165) is 11.1 Å². The molecule has 1 aromatic heterocycles. The number of carbonyl (C=O) groups is 2. The van der Waals surface area contributed by atoms with Crippen LogP contribution in [0.4, 0.5) is 0 Å². The minimum Gasteiger partial charge on any atom is -0.493 e. The number of Topliss-reactive ketones (excluding diaryl/α,β-unsaturated/α-hetero) is 1. The fourth-order valence-electron chi connectivity index (χ4n) is 4.60. The molecule has 0 saturated heterocycles. The first-order chi connectivity index (χ1) is 19.4. The molecule has 4 rings (SSSR count). The largest absolute Gasteiger partial charge is 0.493 e. The number of aromatic nitrogens is 1. The van der Waals surface area contributed by atoms with Gasteiger partial charge < -0.3 is 24.3 Å². The summed E-state index contributed by atoms with van der Waals surface area (Å²) in [6.07, 6.45) is 6.00. The number of methoxy groups -OCH3 is 2. The highest BCUT2D eigenvalue weighted by molar-refractivity contribution is 6.14. The topological polar surface area (TPSA) is 96.0 Å². The number of hydrogen-bond acceptors (Lipinski definition) is 7. The normalized spacial score (nSPS) is 17.0. The number of ketones is 1. The predicted molar refractivity (Wildman–Crippen MR) is 154 cm³/mol. The zero-order valence-corrected chi connectivity index (χ0v) is 23.2. The number of rotatable bonds is 10. The molecule has 0 radical (unpaired) electrons. The third-order valence-electron chi connectivity index (χ3n) is 6.41. The molecule has 40 heavy (non-hydrogen) atoms. The summed E-state index contributed by atoms with van der Waals surface area (Å²) >= 11 is 0. The molecule has 0 bridgehead atoms. The molecule has 0 atom stereocenters. The van der Waals surface area contributed by atoms with Crippen molar-refractivity contribution < 1.29 is 28.5 Å². The number of pyridine rings is 1. The minimum absolute atomic E-state index is 0.0796. The Morgan fingerprint density at radius 1 is 0.850 bits per heavy atom. The zero-order chi connectivity index (χ0) is 28.5. The van der Waals surface area contributed by atoms with E-state index in [1.165, 1.54) is 0 Å². The van der Waals surface area contributed by atoms with Gasteiger partial charge in [0, 0.05) is 23.4 Å². The first kappa shape index (κ1) is 28.4. The van der Waals surface area contributed by atoms with Gasteiger partial charge in [-0.25, -0.2) is 0 Å². The molecule has 8 nitrogen and oxygen atoms in total. The van der Waals surface area contributed by atoms with E-state index in [0.29, 0.717) is 65.9 Å². The molecule has 3 aromatic rings. The van der Waals surface area contributed by atoms with Crippen molar-refractivity contribution in [2.24, 2.45) is 0 Å². The van der Waals surface area contributed by atoms with Crippen LogP contribution >= 0.6 is 0 Å². The van der Waals surface area contributed by atoms with Crippen LogP contribution in [0.15, 0.2) is 71.9 Å². The fraction of sp³-hybridized carbons (Fsp3) is 0.281. The number of carbonyl (C=O) groups excluding carboxylic acids is 2. The summed E-state index contributed by atoms with van der Waals surface area (Å²) in [7, 11) is 3.16. The summed E-state index contributed by atoms with van der Waals surface area (Å²) in [5.74, 6) is 2.06. The second-order valence-corrected chi connectivity index (χ2v) is 9.15. The molecule has 0 aliphatic heterocycles. The maximum absolute atomic E-state index is 13.7. The van der Waals surface area contributed by atoms with E-state index in [1.807, 2.05) is 62.4 Å². The van der Waals surface area contributed by atoms with Crippen molar-refractivity contribution in [1.82, 2.24) is 10.3 Å². The molecule has 1 heterocycles. The molecule has 1 fully saturated rings. The highest BCUT2D eigenvalue weighted by Crippen LogP contribution is 2.34. The average molecular weight is 543 g/mol. The van der Waals surface area contributed by atoms with E-state index in [4.69, 9.17) is 18.9 Å². The standard InChI is InChI=1S/C32H34N2O6/c1-5-39-27-12-10-21(17-29(27)37-3)15-23-19-25(34-32(36)26-9-7-8-14-33-26)20-24(31(23)35)16-22-11-13-28(40-6-2)30(18-22)38-4/h7-18,25H,5-6,19-20H2,1-4H3,(H,34,36)/b23-15+,24-16+. The molecular weight excluding hydrogens is 508 g/mol. The molecule has 0 spiro atoms. The van der Waals surface area contributed by atoms with Crippen molar-refractivity contribution in [2.75, 3.05) is 27.4 Å². The summed E-state index contributed by atoms with van der Waals surface area (Å²) in [4.78, 5) is 30.8. The monoisotopic (exact) mass is 542 g/mol. The first-order valence-corrected chi connectivity index (χ1v) is 13.2. The van der Waals surface area contributed by atoms with Crippen molar-refractivity contribution in [1.29, 1.82) is 0 Å². The lowest BCUT2D eigenvalue weighted by atomic mass is 9.83. The summed E-state index contributed by atoms with van der Waals surface area (Å²) in [5.41, 5.74) is 3.06.